The molecule has 2 nitrogen and oxygen atoms in total. The summed E-state index contributed by atoms with van der Waals surface area (Å²) < 4.78 is 2.03. The number of aromatic nitrogens is 2. The van der Waals surface area contributed by atoms with Gasteiger partial charge in [-0.25, -0.2) is 0 Å². The highest BCUT2D eigenvalue weighted by atomic mass is 79.9. The Hall–Kier alpha value is -0.310. The molecule has 1 heterocycles. The summed E-state index contributed by atoms with van der Waals surface area (Å²) in [6.45, 7) is 2.16. The fourth-order valence-electron chi connectivity index (χ4n) is 1.96. The van der Waals surface area contributed by atoms with Crippen molar-refractivity contribution in [1.29, 1.82) is 0 Å². The SMILES string of the molecule is CCc1cc(CCC(Br)C2CC2)n(C)n1. The van der Waals surface area contributed by atoms with Crippen LogP contribution in [0.5, 0.6) is 0 Å². The molecule has 1 fully saturated rings. The lowest BCUT2D eigenvalue weighted by molar-refractivity contribution is 0.642. The molecule has 1 aromatic rings. The van der Waals surface area contributed by atoms with Gasteiger partial charge >= 0.3 is 0 Å². The maximum Gasteiger partial charge on any atom is 0.0624 e. The third-order valence-corrected chi connectivity index (χ3v) is 4.40. The van der Waals surface area contributed by atoms with Gasteiger partial charge in [-0.05, 0) is 44.1 Å². The topological polar surface area (TPSA) is 17.8 Å². The molecule has 0 N–H and O–H groups in total. The summed E-state index contributed by atoms with van der Waals surface area (Å²) in [6.07, 6.45) is 6.26. The van der Waals surface area contributed by atoms with Crippen LogP contribution in [0, 0.1) is 5.92 Å². The van der Waals surface area contributed by atoms with Crippen molar-refractivity contribution in [2.24, 2.45) is 13.0 Å². The van der Waals surface area contributed by atoms with E-state index in [9.17, 15) is 0 Å². The maximum absolute atomic E-state index is 4.47. The van der Waals surface area contributed by atoms with Crippen LogP contribution in [0.3, 0.4) is 0 Å². The van der Waals surface area contributed by atoms with E-state index in [4.69, 9.17) is 0 Å². The molecule has 2 rings (SSSR count). The Morgan fingerprint density at radius 3 is 2.87 bits per heavy atom. The lowest BCUT2D eigenvalue weighted by Gasteiger charge is -2.07. The van der Waals surface area contributed by atoms with E-state index in [2.05, 4.69) is 41.1 Å². The standard InChI is InChI=1S/C12H19BrN2/c1-3-10-8-11(15(2)14-10)6-7-12(13)9-4-5-9/h8-9,12H,3-7H2,1-2H3. The quantitative estimate of drug-likeness (QED) is 0.752. The molecule has 0 radical (unpaired) electrons. The summed E-state index contributed by atoms with van der Waals surface area (Å²) in [5.41, 5.74) is 2.59. The summed E-state index contributed by atoms with van der Waals surface area (Å²) in [6, 6.07) is 2.24. The monoisotopic (exact) mass is 270 g/mol. The fourth-order valence-corrected chi connectivity index (χ4v) is 2.72. The fraction of sp³-hybridized carbons (Fsp3) is 0.750. The molecule has 0 saturated heterocycles. The van der Waals surface area contributed by atoms with E-state index < -0.39 is 0 Å². The number of rotatable bonds is 5. The van der Waals surface area contributed by atoms with E-state index in [0.29, 0.717) is 0 Å². The van der Waals surface area contributed by atoms with E-state index in [1.54, 1.807) is 0 Å². The van der Waals surface area contributed by atoms with Crippen molar-refractivity contribution >= 4 is 15.9 Å². The molecule has 1 aromatic heterocycles. The van der Waals surface area contributed by atoms with E-state index in [1.807, 2.05) is 4.68 Å². The zero-order valence-electron chi connectivity index (χ0n) is 9.54. The number of hydrogen-bond donors (Lipinski definition) is 0. The van der Waals surface area contributed by atoms with Crippen molar-refractivity contribution in [1.82, 2.24) is 9.78 Å². The average Bonchev–Trinajstić information content (AvgIpc) is 3.00. The molecule has 0 spiro atoms. The minimum absolute atomic E-state index is 0.720. The molecule has 1 aliphatic rings. The molecule has 1 atom stereocenters. The molecule has 3 heteroatoms. The molecular weight excluding hydrogens is 252 g/mol. The minimum atomic E-state index is 0.720. The summed E-state index contributed by atoms with van der Waals surface area (Å²) in [4.78, 5) is 0.720. The van der Waals surface area contributed by atoms with Gasteiger partial charge in [-0.3, -0.25) is 4.68 Å². The van der Waals surface area contributed by atoms with Crippen molar-refractivity contribution in [3.63, 3.8) is 0 Å². The summed E-state index contributed by atoms with van der Waals surface area (Å²) in [7, 11) is 2.05. The average molecular weight is 271 g/mol. The molecule has 0 amide bonds. The van der Waals surface area contributed by atoms with Crippen LogP contribution in [0.1, 0.15) is 37.6 Å². The van der Waals surface area contributed by atoms with Gasteiger partial charge in [-0.1, -0.05) is 22.9 Å². The Morgan fingerprint density at radius 2 is 2.33 bits per heavy atom. The smallest absolute Gasteiger partial charge is 0.0624 e. The second kappa shape index (κ2) is 4.69. The Morgan fingerprint density at radius 1 is 1.60 bits per heavy atom. The first-order valence-corrected chi connectivity index (χ1v) is 6.78. The largest absolute Gasteiger partial charge is 0.272 e. The second-order valence-corrected chi connectivity index (χ2v) is 5.67. The van der Waals surface area contributed by atoms with E-state index in [0.717, 1.165) is 23.6 Å². The van der Waals surface area contributed by atoms with Crippen LogP contribution in [0.15, 0.2) is 6.07 Å². The molecule has 0 aromatic carbocycles. The van der Waals surface area contributed by atoms with Gasteiger partial charge in [0.15, 0.2) is 0 Å². The van der Waals surface area contributed by atoms with Gasteiger partial charge in [-0.15, -0.1) is 0 Å². The third-order valence-electron chi connectivity index (χ3n) is 3.20. The third kappa shape index (κ3) is 2.83. The van der Waals surface area contributed by atoms with Gasteiger partial charge in [0, 0.05) is 17.6 Å². The summed E-state index contributed by atoms with van der Waals surface area (Å²) >= 11 is 3.78. The zero-order chi connectivity index (χ0) is 10.8. The van der Waals surface area contributed by atoms with Crippen molar-refractivity contribution in [3.8, 4) is 0 Å². The van der Waals surface area contributed by atoms with Crippen molar-refractivity contribution in [3.05, 3.63) is 17.5 Å². The van der Waals surface area contributed by atoms with Gasteiger partial charge < -0.3 is 0 Å². The van der Waals surface area contributed by atoms with Crippen molar-refractivity contribution in [2.45, 2.75) is 43.9 Å². The molecule has 1 aliphatic carbocycles. The van der Waals surface area contributed by atoms with Crippen LogP contribution < -0.4 is 0 Å². The van der Waals surface area contributed by atoms with Crippen LogP contribution in [0.2, 0.25) is 0 Å². The molecule has 0 bridgehead atoms. The van der Waals surface area contributed by atoms with Crippen LogP contribution in [-0.2, 0) is 19.9 Å². The highest BCUT2D eigenvalue weighted by Gasteiger charge is 2.28. The summed E-state index contributed by atoms with van der Waals surface area (Å²) in [5, 5.41) is 4.47. The van der Waals surface area contributed by atoms with Gasteiger partial charge in [0.05, 0.1) is 5.69 Å². The second-order valence-electron chi connectivity index (χ2n) is 4.50. The summed E-state index contributed by atoms with van der Waals surface area (Å²) in [5.74, 6) is 0.948. The minimum Gasteiger partial charge on any atom is -0.272 e. The van der Waals surface area contributed by atoms with Crippen LogP contribution in [0.4, 0.5) is 0 Å². The highest BCUT2D eigenvalue weighted by molar-refractivity contribution is 9.09. The number of aryl methyl sites for hydroxylation is 3. The van der Waals surface area contributed by atoms with Crippen LogP contribution in [-0.4, -0.2) is 14.6 Å². The van der Waals surface area contributed by atoms with Crippen LogP contribution in [0.25, 0.3) is 0 Å². The van der Waals surface area contributed by atoms with Crippen LogP contribution >= 0.6 is 15.9 Å². The predicted octanol–water partition coefficient (Wildman–Crippen LogP) is 3.09. The lowest BCUT2D eigenvalue weighted by atomic mass is 10.1. The maximum atomic E-state index is 4.47. The van der Waals surface area contributed by atoms with Gasteiger partial charge in [-0.2, -0.15) is 5.10 Å². The number of alkyl halides is 1. The number of hydrogen-bond acceptors (Lipinski definition) is 1. The first-order valence-electron chi connectivity index (χ1n) is 5.86. The van der Waals surface area contributed by atoms with Crippen molar-refractivity contribution in [2.75, 3.05) is 0 Å². The molecule has 1 unspecified atom stereocenters. The molecule has 15 heavy (non-hydrogen) atoms. The first kappa shape index (κ1) is 11.2. The van der Waals surface area contributed by atoms with Gasteiger partial charge in [0.25, 0.3) is 0 Å². The Balaban J connectivity index is 1.88. The predicted molar refractivity (Wildman–Crippen MR) is 66.3 cm³/mol. The number of nitrogens with zero attached hydrogens (tertiary/aromatic N) is 2. The normalized spacial score (nSPS) is 18.1. The van der Waals surface area contributed by atoms with Crippen molar-refractivity contribution < 1.29 is 0 Å². The number of halogens is 1. The first-order chi connectivity index (χ1) is 7.20. The zero-order valence-corrected chi connectivity index (χ0v) is 11.1. The molecular formula is C12H19BrN2. The highest BCUT2D eigenvalue weighted by Crippen LogP contribution is 2.38. The Bertz CT molecular complexity index is 328. The molecule has 1 saturated carbocycles. The Labute approximate surface area is 100 Å². The van der Waals surface area contributed by atoms with Gasteiger partial charge in [0.1, 0.15) is 0 Å². The molecule has 84 valence electrons. The van der Waals surface area contributed by atoms with E-state index >= 15 is 0 Å². The molecule has 0 aliphatic heterocycles. The van der Waals surface area contributed by atoms with E-state index in [-0.39, 0.29) is 0 Å². The van der Waals surface area contributed by atoms with Gasteiger partial charge in [0.2, 0.25) is 0 Å². The Kier molecular flexibility index (Phi) is 3.49. The van der Waals surface area contributed by atoms with E-state index in [1.165, 1.54) is 30.7 Å². The lowest BCUT2D eigenvalue weighted by Crippen LogP contribution is -2.05.